The number of carbonyl (C=O) groups is 2. The minimum Gasteiger partial charge on any atom is -0.452 e. The van der Waals surface area contributed by atoms with Crippen LogP contribution in [0.3, 0.4) is 0 Å². The highest BCUT2D eigenvalue weighted by Crippen LogP contribution is 2.06. The van der Waals surface area contributed by atoms with Gasteiger partial charge in [-0.15, -0.1) is 0 Å². The monoisotopic (exact) mass is 326 g/mol. The topological polar surface area (TPSA) is 116 Å². The van der Waals surface area contributed by atoms with Crippen molar-refractivity contribution in [2.45, 2.75) is 20.0 Å². The van der Waals surface area contributed by atoms with Crippen molar-refractivity contribution in [1.29, 1.82) is 0 Å². The maximum Gasteiger partial charge on any atom is 0.321 e. The predicted molar refractivity (Wildman–Crippen MR) is 81.9 cm³/mol. The molecular formula is C14H18N2O5S. The van der Waals surface area contributed by atoms with Crippen LogP contribution in [-0.4, -0.2) is 32.9 Å². The molecule has 0 aromatic heterocycles. The molecule has 0 unspecified atom stereocenters. The summed E-state index contributed by atoms with van der Waals surface area (Å²) in [6, 6.07) is 7.24. The summed E-state index contributed by atoms with van der Waals surface area (Å²) in [6.07, 6.45) is 0.291. The largest absolute Gasteiger partial charge is 0.452 e. The van der Waals surface area contributed by atoms with Gasteiger partial charge >= 0.3 is 5.97 Å². The van der Waals surface area contributed by atoms with E-state index in [-0.39, 0.29) is 0 Å². The second-order valence-corrected chi connectivity index (χ2v) is 6.26. The predicted octanol–water partition coefficient (Wildman–Crippen LogP) is 0.302. The van der Waals surface area contributed by atoms with E-state index in [9.17, 15) is 18.0 Å². The number of primary amides is 1. The molecule has 1 aromatic carbocycles. The number of esters is 1. The van der Waals surface area contributed by atoms with Crippen LogP contribution in [0, 0.1) is 6.92 Å². The molecule has 0 saturated heterocycles. The number of ether oxygens (including phenoxy) is 1. The van der Waals surface area contributed by atoms with Crippen LogP contribution >= 0.6 is 0 Å². The molecule has 0 bridgehead atoms. The molecule has 0 radical (unpaired) electrons. The van der Waals surface area contributed by atoms with Gasteiger partial charge in [-0.1, -0.05) is 29.8 Å². The zero-order valence-corrected chi connectivity index (χ0v) is 13.1. The zero-order chi connectivity index (χ0) is 16.8. The molecule has 8 heteroatoms. The van der Waals surface area contributed by atoms with Crippen LogP contribution in [0.2, 0.25) is 0 Å². The number of rotatable bonds is 7. The lowest BCUT2D eigenvalue weighted by Crippen LogP contribution is -2.35. The molecule has 1 atom stereocenters. The van der Waals surface area contributed by atoms with Gasteiger partial charge in [-0.05, 0) is 25.5 Å². The average Bonchev–Trinajstić information content (AvgIpc) is 2.44. The first kappa shape index (κ1) is 17.9. The van der Waals surface area contributed by atoms with Crippen LogP contribution < -0.4 is 10.5 Å². The number of benzene rings is 1. The average molecular weight is 326 g/mol. The van der Waals surface area contributed by atoms with Gasteiger partial charge in [-0.3, -0.25) is 9.59 Å². The fourth-order valence-electron chi connectivity index (χ4n) is 1.35. The van der Waals surface area contributed by atoms with E-state index in [4.69, 9.17) is 5.73 Å². The van der Waals surface area contributed by atoms with E-state index < -0.39 is 34.5 Å². The second kappa shape index (κ2) is 7.71. The minimum atomic E-state index is -3.79. The maximum atomic E-state index is 11.7. The van der Waals surface area contributed by atoms with Gasteiger partial charge in [-0.2, -0.15) is 0 Å². The molecule has 0 aliphatic heterocycles. The summed E-state index contributed by atoms with van der Waals surface area (Å²) in [7, 11) is -3.79. The van der Waals surface area contributed by atoms with Crippen LogP contribution in [0.15, 0.2) is 29.7 Å². The number of hydrogen-bond donors (Lipinski definition) is 2. The number of sulfonamides is 1. The van der Waals surface area contributed by atoms with Crippen molar-refractivity contribution in [2.24, 2.45) is 5.73 Å². The summed E-state index contributed by atoms with van der Waals surface area (Å²) in [5, 5.41) is 0.947. The van der Waals surface area contributed by atoms with Gasteiger partial charge in [0.1, 0.15) is 6.54 Å². The SMILES string of the molecule is Cc1ccc(/C=C/S(=O)(=O)NCC(=O)O[C@H](C)C(N)=O)cc1. The number of nitrogens with one attached hydrogen (secondary N) is 1. The Morgan fingerprint density at radius 3 is 2.45 bits per heavy atom. The van der Waals surface area contributed by atoms with Crippen molar-refractivity contribution < 1.29 is 22.7 Å². The number of amides is 1. The molecule has 0 spiro atoms. The second-order valence-electron chi connectivity index (χ2n) is 4.61. The number of carbonyl (C=O) groups excluding carboxylic acids is 2. The van der Waals surface area contributed by atoms with Gasteiger partial charge in [-0.25, -0.2) is 13.1 Å². The molecule has 120 valence electrons. The van der Waals surface area contributed by atoms with Gasteiger partial charge < -0.3 is 10.5 Å². The van der Waals surface area contributed by atoms with Crippen LogP contribution in [0.1, 0.15) is 18.1 Å². The van der Waals surface area contributed by atoms with Crippen molar-refractivity contribution in [2.75, 3.05) is 6.54 Å². The first-order valence-corrected chi connectivity index (χ1v) is 7.97. The number of nitrogens with two attached hydrogens (primary N) is 1. The lowest BCUT2D eigenvalue weighted by molar-refractivity contribution is -0.152. The van der Waals surface area contributed by atoms with Gasteiger partial charge in [0, 0.05) is 5.41 Å². The van der Waals surface area contributed by atoms with Gasteiger partial charge in [0.25, 0.3) is 5.91 Å². The Hall–Kier alpha value is -2.19. The van der Waals surface area contributed by atoms with Crippen LogP contribution in [0.4, 0.5) is 0 Å². The van der Waals surface area contributed by atoms with Gasteiger partial charge in [0.15, 0.2) is 6.10 Å². The number of hydrogen-bond acceptors (Lipinski definition) is 5. The van der Waals surface area contributed by atoms with E-state index in [1.165, 1.54) is 13.0 Å². The summed E-state index contributed by atoms with van der Waals surface area (Å²) >= 11 is 0. The molecule has 1 aromatic rings. The Kier molecular flexibility index (Phi) is 6.26. The summed E-state index contributed by atoms with van der Waals surface area (Å²) in [5.74, 6) is -1.70. The molecule has 1 amide bonds. The normalized spacial score (nSPS) is 13.0. The van der Waals surface area contributed by atoms with E-state index >= 15 is 0 Å². The first-order valence-electron chi connectivity index (χ1n) is 6.43. The third-order valence-corrected chi connectivity index (χ3v) is 3.68. The summed E-state index contributed by atoms with van der Waals surface area (Å²) < 4.78 is 30.1. The fraction of sp³-hybridized carbons (Fsp3) is 0.286. The van der Waals surface area contributed by atoms with Crippen LogP contribution in [-0.2, 0) is 24.3 Å². The Morgan fingerprint density at radius 1 is 1.32 bits per heavy atom. The standard InChI is InChI=1S/C14H18N2O5S/c1-10-3-5-12(6-4-10)7-8-22(19,20)16-9-13(17)21-11(2)14(15)18/h3-8,11,16H,9H2,1-2H3,(H2,15,18)/b8-7+/t11-/m1/s1. The van der Waals surface area contributed by atoms with Crippen LogP contribution in [0.5, 0.6) is 0 Å². The lowest BCUT2D eigenvalue weighted by atomic mass is 10.2. The van der Waals surface area contributed by atoms with E-state index in [2.05, 4.69) is 4.74 Å². The fourth-order valence-corrected chi connectivity index (χ4v) is 2.10. The minimum absolute atomic E-state index is 0.585. The van der Waals surface area contributed by atoms with Crippen molar-refractivity contribution >= 4 is 28.0 Å². The summed E-state index contributed by atoms with van der Waals surface area (Å²) in [4.78, 5) is 22.0. The molecule has 0 aliphatic carbocycles. The molecule has 7 nitrogen and oxygen atoms in total. The van der Waals surface area contributed by atoms with Crippen molar-refractivity contribution in [3.05, 3.63) is 40.8 Å². The first-order chi connectivity index (χ1) is 10.2. The van der Waals surface area contributed by atoms with E-state index in [1.54, 1.807) is 12.1 Å². The Labute approximate surface area is 129 Å². The highest BCUT2D eigenvalue weighted by molar-refractivity contribution is 7.92. The summed E-state index contributed by atoms with van der Waals surface area (Å²) in [6.45, 7) is 2.63. The van der Waals surface area contributed by atoms with E-state index in [1.807, 2.05) is 23.8 Å². The molecule has 1 rings (SSSR count). The lowest BCUT2D eigenvalue weighted by Gasteiger charge is -2.09. The summed E-state index contributed by atoms with van der Waals surface area (Å²) in [5.41, 5.74) is 6.69. The van der Waals surface area contributed by atoms with Gasteiger partial charge in [0.05, 0.1) is 0 Å². The molecule has 0 saturated carbocycles. The van der Waals surface area contributed by atoms with Crippen molar-refractivity contribution in [3.8, 4) is 0 Å². The maximum absolute atomic E-state index is 11.7. The molecular weight excluding hydrogens is 308 g/mol. The number of aryl methyl sites for hydroxylation is 1. The van der Waals surface area contributed by atoms with E-state index in [0.717, 1.165) is 11.0 Å². The Bertz CT molecular complexity index is 665. The van der Waals surface area contributed by atoms with E-state index in [0.29, 0.717) is 5.56 Å². The van der Waals surface area contributed by atoms with Crippen molar-refractivity contribution in [3.63, 3.8) is 0 Å². The highest BCUT2D eigenvalue weighted by Gasteiger charge is 2.16. The van der Waals surface area contributed by atoms with Gasteiger partial charge in [0.2, 0.25) is 10.0 Å². The Morgan fingerprint density at radius 2 is 1.91 bits per heavy atom. The quantitative estimate of drug-likeness (QED) is 0.699. The molecule has 3 N–H and O–H groups in total. The Balaban J connectivity index is 2.55. The van der Waals surface area contributed by atoms with Crippen LogP contribution in [0.25, 0.3) is 6.08 Å². The third-order valence-electron chi connectivity index (χ3n) is 2.64. The highest BCUT2D eigenvalue weighted by atomic mass is 32.2. The molecule has 0 heterocycles. The zero-order valence-electron chi connectivity index (χ0n) is 12.3. The molecule has 0 aliphatic rings. The molecule has 0 fully saturated rings. The van der Waals surface area contributed by atoms with Crippen molar-refractivity contribution in [1.82, 2.24) is 4.72 Å². The molecule has 22 heavy (non-hydrogen) atoms. The smallest absolute Gasteiger partial charge is 0.321 e. The third kappa shape index (κ3) is 6.51.